The highest BCUT2D eigenvalue weighted by molar-refractivity contribution is 5.86. The van der Waals surface area contributed by atoms with Crippen molar-refractivity contribution in [2.75, 3.05) is 26.8 Å². The Morgan fingerprint density at radius 3 is 2.50 bits per heavy atom. The van der Waals surface area contributed by atoms with E-state index in [0.29, 0.717) is 39.0 Å². The molecule has 0 radical (unpaired) electrons. The van der Waals surface area contributed by atoms with Gasteiger partial charge in [0.1, 0.15) is 5.82 Å². The van der Waals surface area contributed by atoms with Crippen LogP contribution in [-0.2, 0) is 20.7 Å². The van der Waals surface area contributed by atoms with Crippen molar-refractivity contribution in [2.24, 2.45) is 5.41 Å². The number of halogens is 1. The summed E-state index contributed by atoms with van der Waals surface area (Å²) >= 11 is 0. The van der Waals surface area contributed by atoms with Crippen LogP contribution in [0.2, 0.25) is 0 Å². The number of likely N-dealkylation sites (tertiary alicyclic amines) is 1. The molecule has 6 heteroatoms. The van der Waals surface area contributed by atoms with Crippen molar-refractivity contribution in [3.63, 3.8) is 0 Å². The van der Waals surface area contributed by atoms with Gasteiger partial charge in [-0.3, -0.25) is 9.59 Å². The zero-order valence-corrected chi connectivity index (χ0v) is 19.4. The van der Waals surface area contributed by atoms with Gasteiger partial charge in [-0.15, -0.1) is 0 Å². The number of rotatable bonds is 7. The summed E-state index contributed by atoms with van der Waals surface area (Å²) in [5.74, 6) is -0.288. The van der Waals surface area contributed by atoms with Crippen LogP contribution in [-0.4, -0.2) is 49.1 Å². The lowest BCUT2D eigenvalue weighted by Gasteiger charge is -2.32. The summed E-state index contributed by atoms with van der Waals surface area (Å²) in [6, 6.07) is 14.4. The van der Waals surface area contributed by atoms with Crippen LogP contribution in [0.3, 0.4) is 0 Å². The van der Waals surface area contributed by atoms with E-state index >= 15 is 0 Å². The van der Waals surface area contributed by atoms with Gasteiger partial charge in [0.05, 0.1) is 18.4 Å². The Labute approximate surface area is 190 Å². The number of nitrogens with zero attached hydrogens (tertiary/aromatic N) is 1. The Hall–Kier alpha value is -2.73. The van der Waals surface area contributed by atoms with Crippen molar-refractivity contribution in [1.82, 2.24) is 10.2 Å². The minimum absolute atomic E-state index is 0.0114. The molecular weight excluding hydrogens is 407 g/mol. The molecule has 1 saturated heterocycles. The second-order valence-corrected chi connectivity index (χ2v) is 9.68. The molecule has 5 nitrogen and oxygen atoms in total. The quantitative estimate of drug-likeness (QED) is 0.702. The van der Waals surface area contributed by atoms with Gasteiger partial charge in [0.15, 0.2) is 0 Å². The molecule has 0 aromatic heterocycles. The number of methoxy groups -OCH3 is 1. The highest BCUT2D eigenvalue weighted by Gasteiger charge is 2.46. The van der Waals surface area contributed by atoms with E-state index in [1.165, 1.54) is 12.1 Å². The number of carbonyl (C=O) groups is 2. The summed E-state index contributed by atoms with van der Waals surface area (Å²) in [6.07, 6.45) is 1.44. The molecule has 0 saturated carbocycles. The highest BCUT2D eigenvalue weighted by Crippen LogP contribution is 2.36. The lowest BCUT2D eigenvalue weighted by molar-refractivity contribution is -0.134. The molecule has 1 heterocycles. The van der Waals surface area contributed by atoms with E-state index in [-0.39, 0.29) is 23.2 Å². The molecule has 2 amide bonds. The highest BCUT2D eigenvalue weighted by atomic mass is 19.1. The number of carbonyl (C=O) groups excluding carboxylic acids is 2. The standard InChI is InChI=1S/C26H33FN2O3/c1-25(2,3)28-24(31)26(13-14-29(18-26)23(30)12-15-32-4)17-19-6-5-7-21(16-19)20-8-10-22(27)11-9-20/h5-11,16H,12-15,17-18H2,1-4H3,(H,28,31)/t26-/m1/s1. The largest absolute Gasteiger partial charge is 0.384 e. The predicted molar refractivity (Wildman–Crippen MR) is 124 cm³/mol. The van der Waals surface area contributed by atoms with Gasteiger partial charge in [-0.2, -0.15) is 0 Å². The number of benzene rings is 2. The van der Waals surface area contributed by atoms with Gasteiger partial charge in [-0.05, 0) is 62.4 Å². The molecule has 1 aliphatic rings. The molecule has 2 aromatic carbocycles. The number of amides is 2. The topological polar surface area (TPSA) is 58.6 Å². The Kier molecular flexibility index (Phi) is 7.34. The molecule has 1 fully saturated rings. The van der Waals surface area contributed by atoms with Crippen molar-refractivity contribution < 1.29 is 18.7 Å². The minimum atomic E-state index is -0.697. The van der Waals surface area contributed by atoms with E-state index in [9.17, 15) is 14.0 Å². The number of ether oxygens (including phenoxy) is 1. The normalized spacial score (nSPS) is 18.6. The van der Waals surface area contributed by atoms with Crippen LogP contribution in [0.4, 0.5) is 4.39 Å². The molecule has 0 unspecified atom stereocenters. The first-order chi connectivity index (χ1) is 15.1. The van der Waals surface area contributed by atoms with E-state index in [4.69, 9.17) is 4.74 Å². The van der Waals surface area contributed by atoms with Gasteiger partial charge >= 0.3 is 0 Å². The first-order valence-electron chi connectivity index (χ1n) is 11.1. The van der Waals surface area contributed by atoms with Gasteiger partial charge in [0, 0.05) is 25.7 Å². The van der Waals surface area contributed by atoms with E-state index in [2.05, 4.69) is 11.4 Å². The predicted octanol–water partition coefficient (Wildman–Crippen LogP) is 4.21. The Bertz CT molecular complexity index is 952. The Balaban J connectivity index is 1.86. The SMILES string of the molecule is COCCC(=O)N1CC[C@](Cc2cccc(-c3ccc(F)cc3)c2)(C(=O)NC(C)(C)C)C1. The van der Waals surface area contributed by atoms with Gasteiger partial charge in [0.25, 0.3) is 0 Å². The maximum Gasteiger partial charge on any atom is 0.228 e. The molecule has 0 spiro atoms. The van der Waals surface area contributed by atoms with E-state index in [0.717, 1.165) is 16.7 Å². The summed E-state index contributed by atoms with van der Waals surface area (Å²) in [5.41, 5.74) is 1.84. The van der Waals surface area contributed by atoms with Crippen LogP contribution in [0.5, 0.6) is 0 Å². The first kappa shape index (κ1) is 23.9. The van der Waals surface area contributed by atoms with E-state index in [1.807, 2.05) is 39.0 Å². The van der Waals surface area contributed by atoms with Gasteiger partial charge in [-0.25, -0.2) is 4.39 Å². The van der Waals surface area contributed by atoms with Gasteiger partial charge in [-0.1, -0.05) is 36.4 Å². The maximum absolute atomic E-state index is 13.4. The third-order valence-corrected chi connectivity index (χ3v) is 5.84. The van der Waals surface area contributed by atoms with Crippen LogP contribution in [0.15, 0.2) is 48.5 Å². The van der Waals surface area contributed by atoms with Crippen LogP contribution < -0.4 is 5.32 Å². The fourth-order valence-corrected chi connectivity index (χ4v) is 4.21. The molecule has 1 N–H and O–H groups in total. The third kappa shape index (κ3) is 5.94. The summed E-state index contributed by atoms with van der Waals surface area (Å²) < 4.78 is 18.4. The van der Waals surface area contributed by atoms with E-state index in [1.54, 1.807) is 24.1 Å². The zero-order valence-electron chi connectivity index (χ0n) is 19.4. The molecule has 2 aromatic rings. The Morgan fingerprint density at radius 2 is 1.84 bits per heavy atom. The van der Waals surface area contributed by atoms with E-state index < -0.39 is 5.41 Å². The van der Waals surface area contributed by atoms with Crippen molar-refractivity contribution in [3.8, 4) is 11.1 Å². The summed E-state index contributed by atoms with van der Waals surface area (Å²) in [7, 11) is 1.58. The van der Waals surface area contributed by atoms with Crippen LogP contribution >= 0.6 is 0 Å². The van der Waals surface area contributed by atoms with Gasteiger partial charge < -0.3 is 15.0 Å². The number of nitrogens with one attached hydrogen (secondary N) is 1. The van der Waals surface area contributed by atoms with Crippen LogP contribution in [0.1, 0.15) is 39.2 Å². The van der Waals surface area contributed by atoms with Crippen molar-refractivity contribution in [3.05, 3.63) is 59.9 Å². The fraction of sp³-hybridized carbons (Fsp3) is 0.462. The summed E-state index contributed by atoms with van der Waals surface area (Å²) in [5, 5.41) is 3.13. The second-order valence-electron chi connectivity index (χ2n) is 9.68. The van der Waals surface area contributed by atoms with Crippen molar-refractivity contribution >= 4 is 11.8 Å². The molecule has 1 atom stereocenters. The monoisotopic (exact) mass is 440 g/mol. The fourth-order valence-electron chi connectivity index (χ4n) is 4.21. The molecule has 1 aliphatic heterocycles. The van der Waals surface area contributed by atoms with Crippen LogP contribution in [0.25, 0.3) is 11.1 Å². The summed E-state index contributed by atoms with van der Waals surface area (Å²) in [4.78, 5) is 27.8. The maximum atomic E-state index is 13.4. The zero-order chi connectivity index (χ0) is 23.4. The smallest absolute Gasteiger partial charge is 0.228 e. The van der Waals surface area contributed by atoms with Crippen molar-refractivity contribution in [1.29, 1.82) is 0 Å². The molecule has 32 heavy (non-hydrogen) atoms. The Morgan fingerprint density at radius 1 is 1.12 bits per heavy atom. The van der Waals surface area contributed by atoms with Gasteiger partial charge in [0.2, 0.25) is 11.8 Å². The minimum Gasteiger partial charge on any atom is -0.384 e. The first-order valence-corrected chi connectivity index (χ1v) is 11.1. The second kappa shape index (κ2) is 9.82. The third-order valence-electron chi connectivity index (χ3n) is 5.84. The van der Waals surface area contributed by atoms with Crippen molar-refractivity contribution in [2.45, 2.75) is 45.6 Å². The average molecular weight is 441 g/mol. The molecule has 0 bridgehead atoms. The lowest BCUT2D eigenvalue weighted by Crippen LogP contribution is -2.51. The molecular formula is C26H33FN2O3. The van der Waals surface area contributed by atoms with Crippen LogP contribution in [0, 0.1) is 11.2 Å². The lowest BCUT2D eigenvalue weighted by atomic mass is 9.78. The molecule has 172 valence electrons. The number of hydrogen-bond acceptors (Lipinski definition) is 3. The average Bonchev–Trinajstić information content (AvgIpc) is 3.17. The summed E-state index contributed by atoms with van der Waals surface area (Å²) in [6.45, 7) is 7.20. The number of hydrogen-bond donors (Lipinski definition) is 1. The molecule has 0 aliphatic carbocycles. The molecule has 3 rings (SSSR count).